The highest BCUT2D eigenvalue weighted by molar-refractivity contribution is 6.86. The predicted molar refractivity (Wildman–Crippen MR) is 94.8 cm³/mol. The third-order valence-electron chi connectivity index (χ3n) is 6.20. The van der Waals surface area contributed by atoms with Crippen LogP contribution in [0.1, 0.15) is 47.5 Å². The fourth-order valence-corrected chi connectivity index (χ4v) is 8.50. The van der Waals surface area contributed by atoms with Crippen LogP contribution in [-0.2, 0) is 19.1 Å². The van der Waals surface area contributed by atoms with Crippen LogP contribution in [0.25, 0.3) is 0 Å². The van der Waals surface area contributed by atoms with Crippen molar-refractivity contribution in [2.45, 2.75) is 65.6 Å². The molecule has 1 rings (SSSR count). The van der Waals surface area contributed by atoms with Crippen LogP contribution in [0.4, 0.5) is 0 Å². The quantitative estimate of drug-likeness (QED) is 0.415. The van der Waals surface area contributed by atoms with Crippen molar-refractivity contribution in [1.29, 1.82) is 0 Å². The molecule has 132 valence electrons. The van der Waals surface area contributed by atoms with Gasteiger partial charge in [0.2, 0.25) is 0 Å². The molecule has 23 heavy (non-hydrogen) atoms. The van der Waals surface area contributed by atoms with Crippen molar-refractivity contribution >= 4 is 20.0 Å². The minimum absolute atomic E-state index is 0.213. The van der Waals surface area contributed by atoms with Gasteiger partial charge in [-0.15, -0.1) is 0 Å². The minimum atomic E-state index is -1.50. The van der Waals surface area contributed by atoms with E-state index in [1.54, 1.807) is 0 Å². The molecule has 1 saturated carbocycles. The summed E-state index contributed by atoms with van der Waals surface area (Å²) in [6, 6.07) is 3.60. The highest BCUT2D eigenvalue weighted by Gasteiger charge is 2.55. The lowest BCUT2D eigenvalue weighted by atomic mass is 9.85. The van der Waals surface area contributed by atoms with Gasteiger partial charge in [-0.1, -0.05) is 56.6 Å². The highest BCUT2D eigenvalue weighted by atomic mass is 28.3. The van der Waals surface area contributed by atoms with E-state index >= 15 is 0 Å². The van der Waals surface area contributed by atoms with Gasteiger partial charge >= 0.3 is 11.9 Å². The Morgan fingerprint density at radius 3 is 1.87 bits per heavy atom. The number of carbonyl (C=O) groups excluding carboxylic acids is 2. The summed E-state index contributed by atoms with van der Waals surface area (Å²) < 4.78 is 9.90. The van der Waals surface area contributed by atoms with Gasteiger partial charge in [0.05, 0.1) is 22.3 Å². The number of methoxy groups -OCH3 is 2. The zero-order valence-corrected chi connectivity index (χ0v) is 16.7. The number of carbonyl (C=O) groups is 2. The zero-order valence-electron chi connectivity index (χ0n) is 15.7. The Kier molecular flexibility index (Phi) is 6.63. The molecule has 1 fully saturated rings. The maximum atomic E-state index is 12.4. The number of hydrogen-bond acceptors (Lipinski definition) is 4. The molecular weight excluding hydrogens is 308 g/mol. The average molecular weight is 341 g/mol. The molecule has 0 N–H and O–H groups in total. The molecule has 1 unspecified atom stereocenters. The molecule has 1 aliphatic rings. The van der Waals surface area contributed by atoms with E-state index in [-0.39, 0.29) is 5.92 Å². The Morgan fingerprint density at radius 2 is 1.52 bits per heavy atom. The summed E-state index contributed by atoms with van der Waals surface area (Å²) in [6.07, 6.45) is 0.939. The van der Waals surface area contributed by atoms with Gasteiger partial charge in [-0.2, -0.15) is 0 Å². The van der Waals surface area contributed by atoms with Gasteiger partial charge in [-0.3, -0.25) is 9.59 Å². The van der Waals surface area contributed by atoms with E-state index in [0.29, 0.717) is 12.8 Å². The molecule has 0 heterocycles. The summed E-state index contributed by atoms with van der Waals surface area (Å²) in [5.74, 6) is -0.712. The molecule has 0 bridgehead atoms. The van der Waals surface area contributed by atoms with E-state index in [0.717, 1.165) is 0 Å². The molecule has 0 aromatic heterocycles. The molecule has 0 spiro atoms. The number of hydrogen-bond donors (Lipinski definition) is 0. The van der Waals surface area contributed by atoms with Crippen molar-refractivity contribution in [3.8, 4) is 0 Å². The first-order chi connectivity index (χ1) is 10.8. The molecule has 5 heteroatoms. The summed E-state index contributed by atoms with van der Waals surface area (Å²) in [7, 11) is 1.18. The smallest absolute Gasteiger partial charge is 0.323 e. The summed E-state index contributed by atoms with van der Waals surface area (Å²) in [4.78, 5) is 24.7. The second kappa shape index (κ2) is 7.64. The first-order valence-electron chi connectivity index (χ1n) is 8.65. The Bertz CT molecular complexity index is 467. The molecular formula is C18H32O4Si. The number of allylic oxidation sites excluding steroid dienone is 2. The van der Waals surface area contributed by atoms with Gasteiger partial charge in [-0.25, -0.2) is 0 Å². The van der Waals surface area contributed by atoms with E-state index in [1.165, 1.54) is 43.1 Å². The zero-order chi connectivity index (χ0) is 17.8. The van der Waals surface area contributed by atoms with E-state index < -0.39 is 25.4 Å². The van der Waals surface area contributed by atoms with Crippen LogP contribution in [0.3, 0.4) is 0 Å². The van der Waals surface area contributed by atoms with Crippen molar-refractivity contribution < 1.29 is 19.1 Å². The third-order valence-corrected chi connectivity index (χ3v) is 12.2. The number of rotatable bonds is 6. The molecule has 0 aromatic carbocycles. The predicted octanol–water partition coefficient (Wildman–Crippen LogP) is 4.11. The molecule has 0 radical (unpaired) electrons. The van der Waals surface area contributed by atoms with Crippen molar-refractivity contribution in [2.75, 3.05) is 14.2 Å². The van der Waals surface area contributed by atoms with Crippen molar-refractivity contribution in [1.82, 2.24) is 0 Å². The van der Waals surface area contributed by atoms with Crippen LogP contribution in [0.2, 0.25) is 18.1 Å². The molecule has 1 aliphatic carbocycles. The van der Waals surface area contributed by atoms with Gasteiger partial charge in [0, 0.05) is 0 Å². The van der Waals surface area contributed by atoms with Gasteiger partial charge in [-0.05, 0) is 25.7 Å². The normalized spacial score (nSPS) is 22.7. The van der Waals surface area contributed by atoms with Gasteiger partial charge in [0.15, 0.2) is 5.41 Å². The molecule has 0 aliphatic heterocycles. The largest absolute Gasteiger partial charge is 0.468 e. The molecule has 0 amide bonds. The molecule has 1 atom stereocenters. The minimum Gasteiger partial charge on any atom is -0.468 e. The Morgan fingerprint density at radius 1 is 1.09 bits per heavy atom. The summed E-state index contributed by atoms with van der Waals surface area (Å²) in [6.45, 7) is 11.2. The van der Waals surface area contributed by atoms with Crippen LogP contribution >= 0.6 is 0 Å². The fraction of sp³-hybridized carbons (Fsp3) is 0.778. The Hall–Kier alpha value is -1.10. The van der Waals surface area contributed by atoms with Crippen LogP contribution in [0.5, 0.6) is 0 Å². The van der Waals surface area contributed by atoms with Gasteiger partial charge < -0.3 is 9.47 Å². The topological polar surface area (TPSA) is 52.6 Å². The maximum absolute atomic E-state index is 12.4. The highest BCUT2D eigenvalue weighted by Crippen LogP contribution is 2.50. The van der Waals surface area contributed by atoms with Crippen molar-refractivity contribution in [3.05, 3.63) is 10.8 Å². The monoisotopic (exact) mass is 340 g/mol. The first-order valence-corrected chi connectivity index (χ1v) is 11.3. The molecule has 4 nitrogen and oxygen atoms in total. The lowest BCUT2D eigenvalue weighted by Crippen LogP contribution is -2.39. The number of esters is 2. The van der Waals surface area contributed by atoms with E-state index in [2.05, 4.69) is 34.6 Å². The molecule has 0 aromatic rings. The summed E-state index contributed by atoms with van der Waals surface area (Å²) in [5, 5.41) is 1.48. The van der Waals surface area contributed by atoms with E-state index in [4.69, 9.17) is 9.47 Å². The standard InChI is InChI=1S/C18H32O4Si/c1-8-23(9-2,10-3)14(5)15-12-18(11-13(15)4,16(19)21-6)17(20)22-7/h13H,8-12H2,1-7H3/b15-14-. The number of ether oxygens (including phenoxy) is 2. The summed E-state index contributed by atoms with van der Waals surface area (Å²) >= 11 is 0. The molecule has 0 saturated heterocycles. The van der Waals surface area contributed by atoms with E-state index in [9.17, 15) is 9.59 Å². The third kappa shape index (κ3) is 3.25. The lowest BCUT2D eigenvalue weighted by molar-refractivity contribution is -0.168. The van der Waals surface area contributed by atoms with Crippen LogP contribution in [-0.4, -0.2) is 34.2 Å². The summed E-state index contributed by atoms with van der Waals surface area (Å²) in [5.41, 5.74) is 0.132. The Labute approximate surface area is 141 Å². The van der Waals surface area contributed by atoms with Crippen LogP contribution in [0.15, 0.2) is 10.8 Å². The Balaban J connectivity index is 3.39. The van der Waals surface area contributed by atoms with Crippen LogP contribution < -0.4 is 0 Å². The second-order valence-corrected chi connectivity index (χ2v) is 12.3. The van der Waals surface area contributed by atoms with E-state index in [1.807, 2.05) is 0 Å². The van der Waals surface area contributed by atoms with Crippen molar-refractivity contribution in [3.63, 3.8) is 0 Å². The van der Waals surface area contributed by atoms with Gasteiger partial charge in [0.25, 0.3) is 0 Å². The lowest BCUT2D eigenvalue weighted by Gasteiger charge is -2.32. The van der Waals surface area contributed by atoms with Crippen LogP contribution in [0, 0.1) is 11.3 Å². The first kappa shape index (κ1) is 19.9. The van der Waals surface area contributed by atoms with Crippen molar-refractivity contribution in [2.24, 2.45) is 11.3 Å². The average Bonchev–Trinajstić information content (AvgIpc) is 2.93. The fourth-order valence-electron chi connectivity index (χ4n) is 4.39. The second-order valence-electron chi connectivity index (χ2n) is 6.84. The maximum Gasteiger partial charge on any atom is 0.323 e. The SMILES string of the molecule is CC[Si](CC)(CC)/C(C)=C1/CC(C(=O)OC)(C(=O)OC)CC1C. The van der Waals surface area contributed by atoms with Gasteiger partial charge in [0.1, 0.15) is 0 Å².